The minimum absolute atomic E-state index is 0.115. The van der Waals surface area contributed by atoms with E-state index < -0.39 is 0 Å². The van der Waals surface area contributed by atoms with Crippen LogP contribution < -0.4 is 10.2 Å². The zero-order valence-corrected chi connectivity index (χ0v) is 14.6. The van der Waals surface area contributed by atoms with E-state index in [2.05, 4.69) is 19.2 Å². The van der Waals surface area contributed by atoms with Crippen LogP contribution in [0.25, 0.3) is 0 Å². The first kappa shape index (κ1) is 18.2. The second-order valence-corrected chi connectivity index (χ2v) is 6.09. The van der Waals surface area contributed by atoms with Gasteiger partial charge in [0, 0.05) is 18.3 Å². The SMILES string of the molecule is CC(=O)N(CC(=O)Nc1ccc(C(C)C)cc1)c1cccc(C#N)c1. The van der Waals surface area contributed by atoms with Gasteiger partial charge in [-0.25, -0.2) is 0 Å². The molecule has 0 unspecified atom stereocenters. The van der Waals surface area contributed by atoms with Gasteiger partial charge in [0.05, 0.1) is 11.6 Å². The van der Waals surface area contributed by atoms with Crippen LogP contribution in [0.1, 0.15) is 37.8 Å². The van der Waals surface area contributed by atoms with Crippen LogP contribution in [0.4, 0.5) is 11.4 Å². The zero-order valence-electron chi connectivity index (χ0n) is 14.6. The quantitative estimate of drug-likeness (QED) is 0.906. The Morgan fingerprint density at radius 3 is 2.40 bits per heavy atom. The van der Waals surface area contributed by atoms with Crippen molar-refractivity contribution in [2.45, 2.75) is 26.7 Å². The third-order valence-electron chi connectivity index (χ3n) is 3.83. The molecule has 0 spiro atoms. The average Bonchev–Trinajstić information content (AvgIpc) is 2.60. The highest BCUT2D eigenvalue weighted by atomic mass is 16.2. The van der Waals surface area contributed by atoms with Gasteiger partial charge in [0.15, 0.2) is 0 Å². The van der Waals surface area contributed by atoms with Gasteiger partial charge in [0.25, 0.3) is 0 Å². The number of amides is 2. The second kappa shape index (κ2) is 8.11. The van der Waals surface area contributed by atoms with Crippen molar-refractivity contribution in [2.24, 2.45) is 0 Å². The van der Waals surface area contributed by atoms with Crippen molar-refractivity contribution in [2.75, 3.05) is 16.8 Å². The minimum Gasteiger partial charge on any atom is -0.325 e. The lowest BCUT2D eigenvalue weighted by atomic mass is 10.0. The van der Waals surface area contributed by atoms with Gasteiger partial charge in [-0.1, -0.05) is 32.0 Å². The summed E-state index contributed by atoms with van der Waals surface area (Å²) < 4.78 is 0. The van der Waals surface area contributed by atoms with Gasteiger partial charge in [-0.3, -0.25) is 9.59 Å². The summed E-state index contributed by atoms with van der Waals surface area (Å²) >= 11 is 0. The van der Waals surface area contributed by atoms with Crippen molar-refractivity contribution < 1.29 is 9.59 Å². The molecule has 25 heavy (non-hydrogen) atoms. The number of hydrogen-bond donors (Lipinski definition) is 1. The molecule has 2 rings (SSSR count). The van der Waals surface area contributed by atoms with Gasteiger partial charge >= 0.3 is 0 Å². The lowest BCUT2D eigenvalue weighted by molar-refractivity contribution is -0.120. The smallest absolute Gasteiger partial charge is 0.244 e. The number of nitrogens with one attached hydrogen (secondary N) is 1. The van der Waals surface area contributed by atoms with Gasteiger partial charge in [-0.15, -0.1) is 0 Å². The van der Waals surface area contributed by atoms with E-state index in [9.17, 15) is 9.59 Å². The summed E-state index contributed by atoms with van der Waals surface area (Å²) in [6, 6.07) is 16.3. The van der Waals surface area contributed by atoms with Crippen molar-refractivity contribution in [1.82, 2.24) is 0 Å². The topological polar surface area (TPSA) is 73.2 Å². The van der Waals surface area contributed by atoms with Crippen LogP contribution in [-0.4, -0.2) is 18.4 Å². The first-order chi connectivity index (χ1) is 11.9. The van der Waals surface area contributed by atoms with Gasteiger partial charge in [0.1, 0.15) is 6.54 Å². The van der Waals surface area contributed by atoms with Crippen LogP contribution in [0, 0.1) is 11.3 Å². The number of carbonyl (C=O) groups excluding carboxylic acids is 2. The Balaban J connectivity index is 2.10. The third-order valence-corrected chi connectivity index (χ3v) is 3.83. The molecule has 0 heterocycles. The van der Waals surface area contributed by atoms with Gasteiger partial charge in [0.2, 0.25) is 11.8 Å². The van der Waals surface area contributed by atoms with Crippen molar-refractivity contribution >= 4 is 23.2 Å². The summed E-state index contributed by atoms with van der Waals surface area (Å²) in [5, 5.41) is 11.8. The number of benzene rings is 2. The van der Waals surface area contributed by atoms with Crippen molar-refractivity contribution in [3.63, 3.8) is 0 Å². The number of nitriles is 1. The monoisotopic (exact) mass is 335 g/mol. The number of carbonyl (C=O) groups is 2. The van der Waals surface area contributed by atoms with Crippen LogP contribution in [-0.2, 0) is 9.59 Å². The molecular weight excluding hydrogens is 314 g/mol. The lowest BCUT2D eigenvalue weighted by Gasteiger charge is -2.21. The molecular formula is C20H21N3O2. The highest BCUT2D eigenvalue weighted by Gasteiger charge is 2.16. The molecule has 0 saturated heterocycles. The minimum atomic E-state index is -0.296. The average molecular weight is 335 g/mol. The van der Waals surface area contributed by atoms with Crippen molar-refractivity contribution in [3.8, 4) is 6.07 Å². The molecule has 2 aromatic rings. The molecule has 2 aromatic carbocycles. The van der Waals surface area contributed by atoms with Gasteiger partial charge in [-0.2, -0.15) is 5.26 Å². The number of anilines is 2. The number of hydrogen-bond acceptors (Lipinski definition) is 3. The first-order valence-electron chi connectivity index (χ1n) is 8.08. The molecule has 0 aliphatic heterocycles. The third kappa shape index (κ3) is 4.92. The largest absolute Gasteiger partial charge is 0.325 e. The molecule has 0 aromatic heterocycles. The summed E-state index contributed by atoms with van der Waals surface area (Å²) in [4.78, 5) is 25.6. The highest BCUT2D eigenvalue weighted by molar-refractivity contribution is 6.01. The Labute approximate surface area is 147 Å². The van der Waals surface area contributed by atoms with E-state index >= 15 is 0 Å². The molecule has 0 aliphatic carbocycles. The molecule has 5 nitrogen and oxygen atoms in total. The molecule has 128 valence electrons. The van der Waals surface area contributed by atoms with Gasteiger partial charge in [-0.05, 0) is 41.8 Å². The summed E-state index contributed by atoms with van der Waals surface area (Å²) in [6.45, 7) is 5.49. The fourth-order valence-corrected chi connectivity index (χ4v) is 2.42. The maximum atomic E-state index is 12.3. The second-order valence-electron chi connectivity index (χ2n) is 6.09. The first-order valence-corrected chi connectivity index (χ1v) is 8.08. The van der Waals surface area contributed by atoms with E-state index in [4.69, 9.17) is 5.26 Å². The zero-order chi connectivity index (χ0) is 18.4. The fraction of sp³-hybridized carbons (Fsp3) is 0.250. The molecule has 0 saturated carbocycles. The molecule has 1 N–H and O–H groups in total. The molecule has 0 atom stereocenters. The molecule has 0 fully saturated rings. The molecule has 0 aliphatic rings. The van der Waals surface area contributed by atoms with Gasteiger partial charge < -0.3 is 10.2 Å². The van der Waals surface area contributed by atoms with E-state index in [0.29, 0.717) is 22.9 Å². The van der Waals surface area contributed by atoms with Crippen LogP contribution in [0.15, 0.2) is 48.5 Å². The normalized spacial score (nSPS) is 10.2. The van der Waals surface area contributed by atoms with Crippen LogP contribution in [0.3, 0.4) is 0 Å². The van der Waals surface area contributed by atoms with Crippen molar-refractivity contribution in [3.05, 3.63) is 59.7 Å². The lowest BCUT2D eigenvalue weighted by Crippen LogP contribution is -2.36. The molecule has 0 radical (unpaired) electrons. The predicted octanol–water partition coefficient (Wildman–Crippen LogP) is 3.67. The predicted molar refractivity (Wildman–Crippen MR) is 98.3 cm³/mol. The molecule has 2 amide bonds. The van der Waals surface area contributed by atoms with E-state index in [-0.39, 0.29) is 18.4 Å². The Morgan fingerprint density at radius 1 is 1.16 bits per heavy atom. The molecule has 5 heteroatoms. The van der Waals surface area contributed by atoms with E-state index in [1.54, 1.807) is 24.3 Å². The highest BCUT2D eigenvalue weighted by Crippen LogP contribution is 2.18. The summed E-state index contributed by atoms with van der Waals surface area (Å²) in [5.74, 6) is -0.138. The fourth-order valence-electron chi connectivity index (χ4n) is 2.42. The summed E-state index contributed by atoms with van der Waals surface area (Å²) in [6.07, 6.45) is 0. The Morgan fingerprint density at radius 2 is 1.84 bits per heavy atom. The number of rotatable bonds is 5. The Kier molecular flexibility index (Phi) is 5.91. The number of nitrogens with zero attached hydrogens (tertiary/aromatic N) is 2. The van der Waals surface area contributed by atoms with Crippen LogP contribution in [0.5, 0.6) is 0 Å². The standard InChI is InChI=1S/C20H21N3O2/c1-14(2)17-7-9-18(10-8-17)22-20(25)13-23(15(3)24)19-6-4-5-16(11-19)12-21/h4-11,14H,13H2,1-3H3,(H,22,25). The van der Waals surface area contributed by atoms with Crippen molar-refractivity contribution in [1.29, 1.82) is 5.26 Å². The Bertz CT molecular complexity index is 804. The molecule has 0 bridgehead atoms. The maximum absolute atomic E-state index is 12.3. The van der Waals surface area contributed by atoms with Crippen LogP contribution >= 0.6 is 0 Å². The van der Waals surface area contributed by atoms with E-state index in [1.807, 2.05) is 30.3 Å². The summed E-state index contributed by atoms with van der Waals surface area (Å²) in [7, 11) is 0. The Hall–Kier alpha value is -3.13. The van der Waals surface area contributed by atoms with E-state index in [0.717, 1.165) is 0 Å². The van der Waals surface area contributed by atoms with E-state index in [1.165, 1.54) is 17.4 Å². The summed E-state index contributed by atoms with van der Waals surface area (Å²) in [5.41, 5.74) is 2.84. The van der Waals surface area contributed by atoms with Crippen LogP contribution in [0.2, 0.25) is 0 Å². The maximum Gasteiger partial charge on any atom is 0.244 e.